The van der Waals surface area contributed by atoms with Crippen LogP contribution in [0.15, 0.2) is 24.3 Å². The van der Waals surface area contributed by atoms with E-state index in [4.69, 9.17) is 4.74 Å². The highest BCUT2D eigenvalue weighted by molar-refractivity contribution is 7.16. The molecule has 1 atom stereocenters. The van der Waals surface area contributed by atoms with Crippen LogP contribution in [0, 0.1) is 12.7 Å². The minimum Gasteiger partial charge on any atom is -0.465 e. The molecule has 14 heteroatoms. The van der Waals surface area contributed by atoms with Crippen LogP contribution in [0.1, 0.15) is 43.0 Å². The summed E-state index contributed by atoms with van der Waals surface area (Å²) in [7, 11) is 0. The highest BCUT2D eigenvalue weighted by Gasteiger charge is 2.32. The van der Waals surface area contributed by atoms with Gasteiger partial charge in [-0.2, -0.15) is 13.2 Å². The van der Waals surface area contributed by atoms with Crippen LogP contribution in [0.25, 0.3) is 11.3 Å². The number of nitrogens with one attached hydrogen (secondary N) is 1. The minimum atomic E-state index is -4.68. The molecule has 9 nitrogen and oxygen atoms in total. The lowest BCUT2D eigenvalue weighted by Gasteiger charge is -2.34. The van der Waals surface area contributed by atoms with Crippen LogP contribution >= 0.6 is 11.3 Å². The maximum atomic E-state index is 14.4. The van der Waals surface area contributed by atoms with Crippen molar-refractivity contribution < 1.29 is 27.1 Å². The van der Waals surface area contributed by atoms with E-state index in [2.05, 4.69) is 37.0 Å². The first-order valence-electron chi connectivity index (χ1n) is 14.4. The number of likely N-dealkylation sites (tertiary alicyclic amines) is 1. The quantitative estimate of drug-likeness (QED) is 0.247. The molecule has 2 aliphatic rings. The number of carbonyl (C=O) groups is 1. The summed E-state index contributed by atoms with van der Waals surface area (Å²) in [5, 5.41) is 3.67. The molecule has 0 radical (unpaired) electrons. The van der Waals surface area contributed by atoms with E-state index in [-0.39, 0.29) is 18.1 Å². The van der Waals surface area contributed by atoms with Gasteiger partial charge in [0.25, 0.3) is 0 Å². The molecule has 4 heterocycles. The van der Waals surface area contributed by atoms with E-state index in [0.717, 1.165) is 36.4 Å². The van der Waals surface area contributed by atoms with Crippen LogP contribution < -0.4 is 10.2 Å². The number of benzene rings is 1. The zero-order valence-electron chi connectivity index (χ0n) is 24.4. The van der Waals surface area contributed by atoms with Crippen molar-refractivity contribution in [3.8, 4) is 11.3 Å². The lowest BCUT2D eigenvalue weighted by molar-refractivity contribution is -0.144. The van der Waals surface area contributed by atoms with Crippen molar-refractivity contribution in [2.45, 2.75) is 52.4 Å². The number of hydrogen-bond acceptors (Lipinski definition) is 10. The zero-order chi connectivity index (χ0) is 30.7. The second-order valence-corrected chi connectivity index (χ2v) is 11.9. The van der Waals surface area contributed by atoms with Gasteiger partial charge in [0.05, 0.1) is 24.4 Å². The summed E-state index contributed by atoms with van der Waals surface area (Å²) in [6, 6.07) is 4.68. The number of piperazine rings is 1. The maximum Gasteiger partial charge on any atom is 0.416 e. The summed E-state index contributed by atoms with van der Waals surface area (Å²) in [4.78, 5) is 32.8. The molecule has 2 aromatic heterocycles. The van der Waals surface area contributed by atoms with E-state index in [1.54, 1.807) is 19.9 Å². The molecule has 1 N–H and O–H groups in total. The molecule has 2 saturated heterocycles. The van der Waals surface area contributed by atoms with Gasteiger partial charge in [-0.05, 0) is 58.4 Å². The number of hydrogen-bond donors (Lipinski definition) is 1. The Morgan fingerprint density at radius 3 is 2.53 bits per heavy atom. The minimum absolute atomic E-state index is 0.0821. The van der Waals surface area contributed by atoms with Crippen molar-refractivity contribution in [1.82, 2.24) is 24.8 Å². The topological polar surface area (TPSA) is 86.7 Å². The Hall–Kier alpha value is -3.36. The van der Waals surface area contributed by atoms with Crippen LogP contribution in [-0.2, 0) is 22.3 Å². The number of thiazole rings is 1. The van der Waals surface area contributed by atoms with Gasteiger partial charge in [-0.25, -0.2) is 19.3 Å². The number of nitrogens with zero attached hydrogens (tertiary/aromatic N) is 6. The Morgan fingerprint density at radius 1 is 1.09 bits per heavy atom. The lowest BCUT2D eigenvalue weighted by atomic mass is 10.1. The molecule has 3 aromatic rings. The molecule has 2 aliphatic heterocycles. The van der Waals surface area contributed by atoms with Crippen LogP contribution in [0.4, 0.5) is 34.3 Å². The molecule has 0 amide bonds. The molecule has 0 bridgehead atoms. The Balaban J connectivity index is 1.38. The average Bonchev–Trinajstić information content (AvgIpc) is 3.53. The van der Waals surface area contributed by atoms with E-state index in [1.165, 1.54) is 11.3 Å². The SMILES string of the molecule is CCOC(=O)CN1CCN(c2cc(Nc3nc(-c4cc(F)cc(C(F)(F)F)c4)c(CN4CCC[C@H]4C)s3)nc(C)n2)CC1. The second-order valence-electron chi connectivity index (χ2n) is 10.8. The van der Waals surface area contributed by atoms with E-state index in [0.29, 0.717) is 79.7 Å². The largest absolute Gasteiger partial charge is 0.465 e. The van der Waals surface area contributed by atoms with Crippen LogP contribution in [-0.4, -0.2) is 82.6 Å². The molecule has 1 aromatic carbocycles. The fourth-order valence-corrected chi connectivity index (χ4v) is 6.47. The number of esters is 1. The molecular formula is C29H35F4N7O2S. The number of rotatable bonds is 9. The third-order valence-electron chi connectivity index (χ3n) is 7.65. The predicted molar refractivity (Wildman–Crippen MR) is 157 cm³/mol. The van der Waals surface area contributed by atoms with E-state index in [9.17, 15) is 22.4 Å². The average molecular weight is 622 g/mol. The summed E-state index contributed by atoms with van der Waals surface area (Å²) < 4.78 is 60.0. The Kier molecular flexibility index (Phi) is 9.47. The molecule has 232 valence electrons. The van der Waals surface area contributed by atoms with Gasteiger partial charge in [-0.3, -0.25) is 14.6 Å². The van der Waals surface area contributed by atoms with Crippen molar-refractivity contribution in [1.29, 1.82) is 0 Å². The number of anilines is 3. The number of aromatic nitrogens is 3. The lowest BCUT2D eigenvalue weighted by Crippen LogP contribution is -2.48. The van der Waals surface area contributed by atoms with Crippen molar-refractivity contribution >= 4 is 34.1 Å². The first-order valence-corrected chi connectivity index (χ1v) is 15.2. The van der Waals surface area contributed by atoms with Crippen LogP contribution in [0.2, 0.25) is 0 Å². The summed E-state index contributed by atoms with van der Waals surface area (Å²) in [5.41, 5.74) is -0.650. The standard InChI is InChI=1S/C29H35F4N7O2S/c1-4-42-26(41)17-38-8-10-39(11-9-38)25-15-24(34-19(3)35-25)36-28-37-27(23(43-28)16-40-7-5-6-18(40)2)20-12-21(29(31,32)33)14-22(30)13-20/h12-15,18H,4-11,16-17H2,1-3H3,(H,34,35,36,37)/t18-/m1/s1. The second kappa shape index (κ2) is 13.1. The van der Waals surface area contributed by atoms with Gasteiger partial charge in [0, 0.05) is 55.3 Å². The van der Waals surface area contributed by atoms with E-state index in [1.807, 2.05) is 4.90 Å². The third-order valence-corrected chi connectivity index (χ3v) is 8.60. The van der Waals surface area contributed by atoms with Gasteiger partial charge in [-0.15, -0.1) is 0 Å². The van der Waals surface area contributed by atoms with Crippen LogP contribution in [0.3, 0.4) is 0 Å². The highest BCUT2D eigenvalue weighted by Crippen LogP contribution is 2.38. The Morgan fingerprint density at radius 2 is 1.86 bits per heavy atom. The molecule has 43 heavy (non-hydrogen) atoms. The first kappa shape index (κ1) is 31.1. The van der Waals surface area contributed by atoms with E-state index < -0.39 is 17.6 Å². The normalized spacial score (nSPS) is 18.3. The third kappa shape index (κ3) is 7.78. The highest BCUT2D eigenvalue weighted by atomic mass is 32.1. The number of ether oxygens (including phenoxy) is 1. The number of halogens is 4. The van der Waals surface area contributed by atoms with E-state index >= 15 is 0 Å². The fraction of sp³-hybridized carbons (Fsp3) is 0.517. The van der Waals surface area contributed by atoms with Crippen LogP contribution in [0.5, 0.6) is 0 Å². The van der Waals surface area contributed by atoms with Gasteiger partial charge >= 0.3 is 12.1 Å². The summed E-state index contributed by atoms with van der Waals surface area (Å²) in [6.45, 7) is 10.3. The summed E-state index contributed by atoms with van der Waals surface area (Å²) in [6.07, 6.45) is -2.60. The van der Waals surface area contributed by atoms with Gasteiger partial charge in [0.15, 0.2) is 5.13 Å². The number of aryl methyl sites for hydroxylation is 1. The van der Waals surface area contributed by atoms with Crippen molar-refractivity contribution in [3.05, 3.63) is 46.3 Å². The zero-order valence-corrected chi connectivity index (χ0v) is 25.2. The molecule has 0 aliphatic carbocycles. The summed E-state index contributed by atoms with van der Waals surface area (Å²) >= 11 is 1.32. The molecule has 0 spiro atoms. The van der Waals surface area contributed by atoms with Gasteiger partial charge in [-0.1, -0.05) is 11.3 Å². The van der Waals surface area contributed by atoms with Crippen molar-refractivity contribution in [3.63, 3.8) is 0 Å². The molecule has 0 unspecified atom stereocenters. The van der Waals surface area contributed by atoms with Gasteiger partial charge in [0.1, 0.15) is 23.3 Å². The smallest absolute Gasteiger partial charge is 0.416 e. The van der Waals surface area contributed by atoms with Gasteiger partial charge in [0.2, 0.25) is 0 Å². The molecule has 2 fully saturated rings. The molecular weight excluding hydrogens is 586 g/mol. The predicted octanol–water partition coefficient (Wildman–Crippen LogP) is 5.48. The monoisotopic (exact) mass is 621 g/mol. The summed E-state index contributed by atoms with van der Waals surface area (Å²) in [5.74, 6) is 0.541. The van der Waals surface area contributed by atoms with Crippen molar-refractivity contribution in [2.24, 2.45) is 0 Å². The number of carbonyl (C=O) groups excluding carboxylic acids is 1. The first-order chi connectivity index (χ1) is 20.5. The Bertz CT molecular complexity index is 1440. The van der Waals surface area contributed by atoms with Crippen molar-refractivity contribution in [2.75, 3.05) is 56.1 Å². The molecule has 0 saturated carbocycles. The molecule has 5 rings (SSSR count). The Labute approximate surface area is 251 Å². The van der Waals surface area contributed by atoms with Gasteiger partial charge < -0.3 is 15.0 Å². The number of alkyl halides is 3. The maximum absolute atomic E-state index is 14.4. The fourth-order valence-electron chi connectivity index (χ4n) is 5.45.